The Morgan fingerprint density at radius 1 is 1.91 bits per heavy atom. The molecular formula is C7H10N2O2. The number of aliphatic imine (C=N–C) groups is 1. The Kier molecular flexibility index (Phi) is 2.25. The van der Waals surface area contributed by atoms with Gasteiger partial charge in [0, 0.05) is 6.54 Å². The molecule has 0 bridgehead atoms. The Morgan fingerprint density at radius 3 is 3.00 bits per heavy atom. The van der Waals surface area contributed by atoms with Gasteiger partial charge in [0.05, 0.1) is 12.9 Å². The Hall–Kier alpha value is -1.32. The highest BCUT2D eigenvalue weighted by Gasteiger charge is 2.21. The Labute approximate surface area is 64.8 Å². The Balaban J connectivity index is 2.61. The van der Waals surface area contributed by atoms with Gasteiger partial charge in [-0.1, -0.05) is 6.08 Å². The van der Waals surface area contributed by atoms with Gasteiger partial charge in [0.2, 0.25) is 0 Å². The number of carboxylic acid groups (broad SMARTS) is 1. The van der Waals surface area contributed by atoms with Crippen LogP contribution >= 0.6 is 0 Å². The van der Waals surface area contributed by atoms with Gasteiger partial charge in [-0.2, -0.15) is 0 Å². The number of hydrogen-bond acceptors (Lipinski definition) is 3. The summed E-state index contributed by atoms with van der Waals surface area (Å²) in [5.41, 5.74) is 0. The zero-order valence-corrected chi connectivity index (χ0v) is 6.10. The summed E-state index contributed by atoms with van der Waals surface area (Å²) in [6.07, 6.45) is 2.96. The van der Waals surface area contributed by atoms with Crippen LogP contribution in [0.1, 0.15) is 0 Å². The van der Waals surface area contributed by atoms with E-state index in [9.17, 15) is 4.79 Å². The van der Waals surface area contributed by atoms with Crippen LogP contribution in [0.5, 0.6) is 0 Å². The van der Waals surface area contributed by atoms with Crippen LogP contribution in [-0.4, -0.2) is 41.4 Å². The lowest BCUT2D eigenvalue weighted by Gasteiger charge is -2.18. The van der Waals surface area contributed by atoms with Gasteiger partial charge in [-0.05, 0) is 0 Å². The zero-order chi connectivity index (χ0) is 8.27. The Morgan fingerprint density at radius 2 is 2.64 bits per heavy atom. The summed E-state index contributed by atoms with van der Waals surface area (Å²) >= 11 is 0. The molecule has 1 rings (SSSR count). The average Bonchev–Trinajstić information content (AvgIpc) is 2.40. The molecule has 1 atom stereocenters. The quantitative estimate of drug-likeness (QED) is 0.581. The van der Waals surface area contributed by atoms with E-state index in [1.807, 2.05) is 0 Å². The fourth-order valence-electron chi connectivity index (χ4n) is 0.983. The first-order valence-corrected chi connectivity index (χ1v) is 3.37. The van der Waals surface area contributed by atoms with Crippen LogP contribution in [-0.2, 0) is 4.79 Å². The van der Waals surface area contributed by atoms with E-state index in [0.717, 1.165) is 0 Å². The standard InChI is InChI=1S/C7H10N2O2/c1-2-6(7(10)11)9-4-3-8-5-9/h2,5-6H,1,3-4H2,(H,10,11). The molecule has 0 amide bonds. The van der Waals surface area contributed by atoms with E-state index in [-0.39, 0.29) is 0 Å². The lowest BCUT2D eigenvalue weighted by Crippen LogP contribution is -2.37. The maximum absolute atomic E-state index is 10.5. The summed E-state index contributed by atoms with van der Waals surface area (Å²) < 4.78 is 0. The molecule has 0 saturated heterocycles. The highest BCUT2D eigenvalue weighted by atomic mass is 16.4. The van der Waals surface area contributed by atoms with Crippen molar-refractivity contribution < 1.29 is 9.90 Å². The van der Waals surface area contributed by atoms with Crippen molar-refractivity contribution in [3.05, 3.63) is 12.7 Å². The second kappa shape index (κ2) is 3.18. The molecule has 60 valence electrons. The van der Waals surface area contributed by atoms with Crippen molar-refractivity contribution in [3.63, 3.8) is 0 Å². The maximum atomic E-state index is 10.5. The van der Waals surface area contributed by atoms with Gasteiger partial charge in [-0.3, -0.25) is 4.99 Å². The number of rotatable bonds is 3. The van der Waals surface area contributed by atoms with E-state index in [4.69, 9.17) is 5.11 Å². The van der Waals surface area contributed by atoms with E-state index in [2.05, 4.69) is 11.6 Å². The van der Waals surface area contributed by atoms with Crippen LogP contribution < -0.4 is 0 Å². The molecule has 1 N–H and O–H groups in total. The summed E-state index contributed by atoms with van der Waals surface area (Å²) in [7, 11) is 0. The van der Waals surface area contributed by atoms with Crippen molar-refractivity contribution in [3.8, 4) is 0 Å². The average molecular weight is 154 g/mol. The third-order valence-corrected chi connectivity index (χ3v) is 1.55. The van der Waals surface area contributed by atoms with Crippen molar-refractivity contribution in [1.29, 1.82) is 0 Å². The first-order chi connectivity index (χ1) is 5.25. The summed E-state index contributed by atoms with van der Waals surface area (Å²) in [6, 6.07) is -0.624. The molecule has 0 fully saturated rings. The number of aliphatic carboxylic acids is 1. The van der Waals surface area contributed by atoms with Crippen molar-refractivity contribution in [2.24, 2.45) is 4.99 Å². The lowest BCUT2D eigenvalue weighted by molar-refractivity contribution is -0.139. The number of carbonyl (C=O) groups is 1. The van der Waals surface area contributed by atoms with Gasteiger partial charge in [0.25, 0.3) is 0 Å². The largest absolute Gasteiger partial charge is 0.479 e. The van der Waals surface area contributed by atoms with Gasteiger partial charge in [0.1, 0.15) is 6.04 Å². The molecule has 0 aromatic heterocycles. The molecule has 1 unspecified atom stereocenters. The normalized spacial score (nSPS) is 18.4. The number of carboxylic acids is 1. The van der Waals surface area contributed by atoms with Gasteiger partial charge in [-0.25, -0.2) is 4.79 Å². The van der Waals surface area contributed by atoms with Crippen molar-refractivity contribution in [2.75, 3.05) is 13.1 Å². The summed E-state index contributed by atoms with van der Waals surface area (Å²) in [5, 5.41) is 8.66. The second-order valence-corrected chi connectivity index (χ2v) is 2.28. The molecule has 1 aliphatic heterocycles. The topological polar surface area (TPSA) is 52.9 Å². The molecular weight excluding hydrogens is 144 g/mol. The molecule has 0 aliphatic carbocycles. The summed E-state index contributed by atoms with van der Waals surface area (Å²) in [4.78, 5) is 16.1. The molecule has 0 radical (unpaired) electrons. The fraction of sp³-hybridized carbons (Fsp3) is 0.429. The van der Waals surface area contributed by atoms with Crippen LogP contribution in [0.4, 0.5) is 0 Å². The maximum Gasteiger partial charge on any atom is 0.330 e. The molecule has 1 aliphatic rings. The highest BCUT2D eigenvalue weighted by Crippen LogP contribution is 2.02. The minimum atomic E-state index is -0.881. The van der Waals surface area contributed by atoms with Crippen LogP contribution in [0, 0.1) is 0 Å². The third-order valence-electron chi connectivity index (χ3n) is 1.55. The first kappa shape index (κ1) is 7.78. The van der Waals surface area contributed by atoms with Gasteiger partial charge in [0.15, 0.2) is 0 Å². The zero-order valence-electron chi connectivity index (χ0n) is 6.10. The summed E-state index contributed by atoms with van der Waals surface area (Å²) in [5.74, 6) is -0.881. The van der Waals surface area contributed by atoms with Gasteiger partial charge < -0.3 is 10.0 Å². The SMILES string of the molecule is C=CC(C(=O)O)N1C=NCC1. The van der Waals surface area contributed by atoms with Crippen LogP contribution in [0.15, 0.2) is 17.6 Å². The minimum Gasteiger partial charge on any atom is -0.479 e. The lowest BCUT2D eigenvalue weighted by atomic mass is 10.2. The molecule has 0 saturated carbocycles. The highest BCUT2D eigenvalue weighted by molar-refractivity contribution is 5.79. The van der Waals surface area contributed by atoms with Crippen LogP contribution in [0.3, 0.4) is 0 Å². The van der Waals surface area contributed by atoms with Crippen LogP contribution in [0.2, 0.25) is 0 Å². The molecule has 4 nitrogen and oxygen atoms in total. The van der Waals surface area contributed by atoms with Gasteiger partial charge >= 0.3 is 5.97 Å². The fourth-order valence-corrected chi connectivity index (χ4v) is 0.983. The molecule has 0 spiro atoms. The summed E-state index contributed by atoms with van der Waals surface area (Å²) in [6.45, 7) is 4.79. The van der Waals surface area contributed by atoms with E-state index in [1.165, 1.54) is 6.08 Å². The molecule has 4 heteroatoms. The van der Waals surface area contributed by atoms with Crippen molar-refractivity contribution in [2.45, 2.75) is 6.04 Å². The van der Waals surface area contributed by atoms with E-state index >= 15 is 0 Å². The monoisotopic (exact) mass is 154 g/mol. The molecule has 1 heterocycles. The van der Waals surface area contributed by atoms with Crippen molar-refractivity contribution >= 4 is 12.3 Å². The first-order valence-electron chi connectivity index (χ1n) is 3.37. The van der Waals surface area contributed by atoms with Crippen molar-refractivity contribution in [1.82, 2.24) is 4.90 Å². The minimum absolute atomic E-state index is 0.624. The molecule has 11 heavy (non-hydrogen) atoms. The second-order valence-electron chi connectivity index (χ2n) is 2.28. The molecule has 0 aromatic rings. The number of nitrogens with zero attached hydrogens (tertiary/aromatic N) is 2. The smallest absolute Gasteiger partial charge is 0.330 e. The third kappa shape index (κ3) is 1.58. The predicted molar refractivity (Wildman–Crippen MR) is 41.7 cm³/mol. The molecule has 0 aromatic carbocycles. The Bertz CT molecular complexity index is 201. The van der Waals surface area contributed by atoms with Gasteiger partial charge in [-0.15, -0.1) is 6.58 Å². The van der Waals surface area contributed by atoms with E-state index < -0.39 is 12.0 Å². The van der Waals surface area contributed by atoms with E-state index in [0.29, 0.717) is 13.1 Å². The predicted octanol–water partition coefficient (Wildman–Crippen LogP) is -0.0305. The van der Waals surface area contributed by atoms with Crippen LogP contribution in [0.25, 0.3) is 0 Å². The number of hydrogen-bond donors (Lipinski definition) is 1. The van der Waals surface area contributed by atoms with E-state index in [1.54, 1.807) is 11.2 Å².